The second kappa shape index (κ2) is 9.03. The van der Waals surface area contributed by atoms with E-state index in [2.05, 4.69) is 18.1 Å². The Bertz CT molecular complexity index is 781. The third kappa shape index (κ3) is 4.42. The van der Waals surface area contributed by atoms with Crippen molar-refractivity contribution < 1.29 is 24.0 Å². The molecule has 0 spiro atoms. The molecule has 0 radical (unpaired) electrons. The molecule has 0 aliphatic heterocycles. The number of hydrogen-bond acceptors (Lipinski definition) is 4. The summed E-state index contributed by atoms with van der Waals surface area (Å²) < 4.78 is 12.6. The van der Waals surface area contributed by atoms with Gasteiger partial charge in [-0.15, -0.1) is 0 Å². The molecule has 0 amide bonds. The monoisotopic (exact) mass is 386 g/mol. The van der Waals surface area contributed by atoms with Crippen LogP contribution in [0.2, 0.25) is 0 Å². The summed E-state index contributed by atoms with van der Waals surface area (Å²) >= 11 is 0. The van der Waals surface area contributed by atoms with Crippen molar-refractivity contribution in [2.24, 2.45) is 5.92 Å². The molecule has 0 heterocycles. The van der Waals surface area contributed by atoms with Crippen LogP contribution < -0.4 is 4.74 Å². The van der Waals surface area contributed by atoms with Crippen LogP contribution in [0.15, 0.2) is 36.5 Å². The summed E-state index contributed by atoms with van der Waals surface area (Å²) in [6, 6.07) is 7.68. The molecule has 1 saturated carbocycles. The fourth-order valence-corrected chi connectivity index (χ4v) is 4.23. The van der Waals surface area contributed by atoms with E-state index in [0.29, 0.717) is 31.4 Å². The first-order valence-electron chi connectivity index (χ1n) is 9.37. The van der Waals surface area contributed by atoms with Crippen LogP contribution in [0.25, 0.3) is 4.85 Å². The number of carbonyl (C=O) groups excluding carboxylic acids is 1. The molecule has 1 aliphatic carbocycles. The lowest BCUT2D eigenvalue weighted by atomic mass is 9.67. The van der Waals surface area contributed by atoms with E-state index in [0.717, 1.165) is 11.3 Å². The van der Waals surface area contributed by atoms with Crippen molar-refractivity contribution >= 4 is 12.7 Å². The average Bonchev–Trinajstić information content (AvgIpc) is 2.67. The Hall–Kier alpha value is -2.65. The van der Waals surface area contributed by atoms with Crippen molar-refractivity contribution in [3.05, 3.63) is 46.9 Å². The van der Waals surface area contributed by atoms with E-state index >= 15 is 0 Å². The minimum Gasteiger partial charge on any atom is -0.497 e. The molecular formula is C22H30N2O4+2. The number of carbonyl (C=O) groups is 1. The van der Waals surface area contributed by atoms with E-state index in [9.17, 15) is 9.90 Å². The number of aliphatic hydroxyl groups is 1. The predicted molar refractivity (Wildman–Crippen MR) is 109 cm³/mol. The van der Waals surface area contributed by atoms with Crippen LogP contribution >= 0.6 is 0 Å². The number of hydrogen-bond donors (Lipinski definition) is 1. The first kappa shape index (κ1) is 21.6. The smallest absolute Gasteiger partial charge is 0.380 e. The minimum atomic E-state index is -0.829. The molecule has 1 aliphatic rings. The standard InChI is InChI=1S/C22H30N2O4/c1-15(23-3)22(24(4)5,14-17-7-10-19(27-6)11-8-17)20-13-18(26)9-12-21(20)28-16(2)25/h3,7-8,10-11,18,20-21,26H,1,4,9,12-14H2,2,5-6H3/q+2/t18-,20-,21-,22?/m0/s1. The van der Waals surface area contributed by atoms with E-state index in [1.54, 1.807) is 11.7 Å². The molecule has 0 saturated heterocycles. The summed E-state index contributed by atoms with van der Waals surface area (Å²) in [5.41, 5.74) is 0.602. The van der Waals surface area contributed by atoms with Gasteiger partial charge in [0, 0.05) is 13.3 Å². The number of rotatable bonds is 7. The Balaban J connectivity index is 2.54. The molecule has 0 bridgehead atoms. The Morgan fingerprint density at radius 2 is 2.04 bits per heavy atom. The first-order chi connectivity index (χ1) is 13.2. The minimum absolute atomic E-state index is 0.274. The largest absolute Gasteiger partial charge is 0.497 e. The third-order valence-corrected chi connectivity index (χ3v) is 5.66. The zero-order chi connectivity index (χ0) is 20.9. The van der Waals surface area contributed by atoms with Gasteiger partial charge in [-0.1, -0.05) is 12.1 Å². The van der Waals surface area contributed by atoms with Crippen LogP contribution in [0, 0.1) is 12.5 Å². The lowest BCUT2D eigenvalue weighted by Gasteiger charge is -2.40. The van der Waals surface area contributed by atoms with Crippen LogP contribution in [0.4, 0.5) is 0 Å². The Labute approximate surface area is 166 Å². The van der Waals surface area contributed by atoms with Crippen LogP contribution in [-0.4, -0.2) is 54.3 Å². The van der Waals surface area contributed by atoms with Gasteiger partial charge in [-0.3, -0.25) is 4.79 Å². The highest BCUT2D eigenvalue weighted by Crippen LogP contribution is 2.43. The first-order valence-corrected chi connectivity index (χ1v) is 9.37. The van der Waals surface area contributed by atoms with Crippen molar-refractivity contribution in [2.45, 2.75) is 50.4 Å². The lowest BCUT2D eigenvalue weighted by molar-refractivity contribution is -0.578. The maximum Gasteiger partial charge on any atom is 0.380 e. The lowest BCUT2D eigenvalue weighted by Crippen LogP contribution is -2.56. The normalized spacial score (nSPS) is 23.8. The maximum absolute atomic E-state index is 11.7. The fourth-order valence-electron chi connectivity index (χ4n) is 4.23. The molecular weight excluding hydrogens is 356 g/mol. The van der Waals surface area contributed by atoms with E-state index in [1.165, 1.54) is 6.92 Å². The molecule has 2 rings (SSSR count). The molecule has 0 aromatic heterocycles. The fraction of sp³-hybridized carbons (Fsp3) is 0.500. The molecule has 1 unspecified atom stereocenters. The van der Waals surface area contributed by atoms with Gasteiger partial charge in [0.1, 0.15) is 25.6 Å². The highest BCUT2D eigenvalue weighted by Gasteiger charge is 2.60. The van der Waals surface area contributed by atoms with Crippen molar-refractivity contribution in [1.29, 1.82) is 0 Å². The third-order valence-electron chi connectivity index (χ3n) is 5.66. The second-order valence-corrected chi connectivity index (χ2v) is 7.44. The van der Waals surface area contributed by atoms with Gasteiger partial charge in [-0.25, -0.2) is 4.58 Å². The van der Waals surface area contributed by atoms with Gasteiger partial charge < -0.3 is 14.6 Å². The highest BCUT2D eigenvalue weighted by molar-refractivity contribution is 5.66. The zero-order valence-corrected chi connectivity index (χ0v) is 16.9. The Morgan fingerprint density at radius 1 is 1.39 bits per heavy atom. The zero-order valence-electron chi connectivity index (χ0n) is 16.9. The quantitative estimate of drug-likeness (QED) is 0.445. The summed E-state index contributed by atoms with van der Waals surface area (Å²) in [5, 5.41) is 10.4. The number of methoxy groups -OCH3 is 1. The molecule has 6 nitrogen and oxygen atoms in total. The van der Waals surface area contributed by atoms with Crippen molar-refractivity contribution in [2.75, 3.05) is 14.2 Å². The molecule has 4 atom stereocenters. The number of likely N-dealkylation sites (N-methyl/N-ethyl adjacent to an activating group) is 1. The van der Waals surface area contributed by atoms with Gasteiger partial charge in [-0.2, -0.15) is 0 Å². The number of aliphatic hydroxyl groups excluding tert-OH is 1. The summed E-state index contributed by atoms with van der Waals surface area (Å²) in [7, 11) is 3.44. The van der Waals surface area contributed by atoms with Crippen LogP contribution in [-0.2, 0) is 16.0 Å². The Morgan fingerprint density at radius 3 is 2.54 bits per heavy atom. The number of ether oxygens (including phenoxy) is 2. The van der Waals surface area contributed by atoms with Gasteiger partial charge in [0.05, 0.1) is 19.1 Å². The maximum atomic E-state index is 11.7. The summed E-state index contributed by atoms with van der Waals surface area (Å²) in [6.45, 7) is 15.3. The molecule has 28 heavy (non-hydrogen) atoms. The molecule has 1 aromatic rings. The van der Waals surface area contributed by atoms with Crippen molar-refractivity contribution in [3.63, 3.8) is 0 Å². The van der Waals surface area contributed by atoms with E-state index in [1.807, 2.05) is 31.3 Å². The molecule has 150 valence electrons. The van der Waals surface area contributed by atoms with Crippen LogP contribution in [0.1, 0.15) is 31.7 Å². The molecule has 1 aromatic carbocycles. The van der Waals surface area contributed by atoms with Gasteiger partial charge >= 0.3 is 11.7 Å². The molecule has 6 heteroatoms. The molecule has 1 fully saturated rings. The molecule has 1 N–H and O–H groups in total. The highest BCUT2D eigenvalue weighted by atomic mass is 16.5. The predicted octanol–water partition coefficient (Wildman–Crippen LogP) is 2.89. The summed E-state index contributed by atoms with van der Waals surface area (Å²) in [6.07, 6.45) is 1.16. The van der Waals surface area contributed by atoms with Gasteiger partial charge in [0.15, 0.2) is 0 Å². The SMILES string of the molecule is C#[N+]C(=C)C(Cc1ccc(OC)cc1)([C@H]1C[C@@H](O)CC[C@@H]1OC(C)=O)[N+](=C)C. The topological polar surface area (TPSA) is 63.1 Å². The van der Waals surface area contributed by atoms with Gasteiger partial charge in [-0.05, 0) is 48.4 Å². The van der Waals surface area contributed by atoms with Crippen molar-refractivity contribution in [3.8, 4) is 12.3 Å². The Kier molecular flexibility index (Phi) is 6.98. The average molecular weight is 386 g/mol. The summed E-state index contributed by atoms with van der Waals surface area (Å²) in [5.74, 6) is 0.127. The van der Waals surface area contributed by atoms with E-state index in [4.69, 9.17) is 16.0 Å². The van der Waals surface area contributed by atoms with E-state index < -0.39 is 11.6 Å². The second-order valence-electron chi connectivity index (χ2n) is 7.44. The van der Waals surface area contributed by atoms with Gasteiger partial charge in [0.25, 0.3) is 12.1 Å². The number of benzene rings is 1. The van der Waals surface area contributed by atoms with Crippen LogP contribution in [0.3, 0.4) is 0 Å². The van der Waals surface area contributed by atoms with E-state index in [-0.39, 0.29) is 18.0 Å². The number of nitrogens with zero attached hydrogens (tertiary/aromatic N) is 2. The summed E-state index contributed by atoms with van der Waals surface area (Å²) in [4.78, 5) is 15.6. The van der Waals surface area contributed by atoms with Crippen LogP contribution in [0.5, 0.6) is 5.75 Å². The van der Waals surface area contributed by atoms with Crippen molar-refractivity contribution in [1.82, 2.24) is 0 Å². The van der Waals surface area contributed by atoms with Gasteiger partial charge in [0.2, 0.25) is 0 Å². The number of esters is 1.